The molecule has 0 unspecified atom stereocenters. The van der Waals surface area contributed by atoms with Gasteiger partial charge in [-0.05, 0) is 0 Å². The van der Waals surface area contributed by atoms with Crippen LogP contribution in [0.4, 0.5) is 0 Å². The fourth-order valence-corrected chi connectivity index (χ4v) is 2.49. The molecule has 1 aliphatic carbocycles. The van der Waals surface area contributed by atoms with Crippen molar-refractivity contribution in [2.45, 2.75) is 25.7 Å². The van der Waals surface area contributed by atoms with E-state index in [1.165, 1.54) is 39.6 Å². The van der Waals surface area contributed by atoms with Gasteiger partial charge in [0.2, 0.25) is 0 Å². The van der Waals surface area contributed by atoms with Crippen molar-refractivity contribution in [2.75, 3.05) is 0 Å². The van der Waals surface area contributed by atoms with Crippen molar-refractivity contribution in [2.24, 2.45) is 0 Å². The molecule has 0 aromatic rings. The van der Waals surface area contributed by atoms with Crippen LogP contribution in [0.3, 0.4) is 0 Å². The first kappa shape index (κ1) is 10.7. The van der Waals surface area contributed by atoms with Crippen LogP contribution in [0.2, 0.25) is 0 Å². The Bertz CT molecular complexity index is 235. The normalized spacial score (nSPS) is 16.8. The van der Waals surface area contributed by atoms with Gasteiger partial charge < -0.3 is 0 Å². The Balaban J connectivity index is 2.62. The van der Waals surface area contributed by atoms with E-state index in [4.69, 9.17) is 17.6 Å². The molecule has 0 atom stereocenters. The number of hydrogen-bond donors (Lipinski definition) is 1. The van der Waals surface area contributed by atoms with Crippen LogP contribution in [0.1, 0.15) is 25.7 Å². The van der Waals surface area contributed by atoms with Gasteiger partial charge in [0.05, 0.1) is 0 Å². The molecular weight excluding hydrogens is 293 g/mol. The zero-order valence-electron chi connectivity index (χ0n) is 6.72. The maximum atomic E-state index is 7.77. The van der Waals surface area contributed by atoms with E-state index >= 15 is 0 Å². The van der Waals surface area contributed by atoms with Crippen molar-refractivity contribution < 1.29 is 0 Å². The molecule has 0 saturated heterocycles. The average Bonchev–Trinajstić information content (AvgIpc) is 2.17. The predicted molar refractivity (Wildman–Crippen MR) is 60.2 cm³/mol. The number of hydrogen-bond acceptors (Lipinski definition) is 3. The molecule has 1 nitrogen and oxygen atoms in total. The summed E-state index contributed by atoms with van der Waals surface area (Å²) in [5, 5.41) is 7.77. The second-order valence-electron chi connectivity index (χ2n) is 2.74. The van der Waals surface area contributed by atoms with Crippen molar-refractivity contribution in [1.29, 1.82) is 5.41 Å². The van der Waals surface area contributed by atoms with Crippen molar-refractivity contribution in [1.82, 2.24) is 0 Å². The minimum atomic E-state index is 0.603. The number of allylic oxidation sites excluding steroid dienone is 2. The Hall–Kier alpha value is 0.649. The molecule has 4 heteroatoms. The molecule has 0 fully saturated rings. The number of thiocarbonyl (C=S) groups is 1. The molecule has 12 heavy (non-hydrogen) atoms. The van der Waals surface area contributed by atoms with E-state index in [0.29, 0.717) is 5.71 Å². The first-order chi connectivity index (χ1) is 5.75. The molecule has 0 aliphatic heterocycles. The minimum absolute atomic E-state index is 0.603. The topological polar surface area (TPSA) is 23.9 Å². The van der Waals surface area contributed by atoms with E-state index in [1.54, 1.807) is 8.95 Å². The molecule has 0 amide bonds. The summed E-state index contributed by atoms with van der Waals surface area (Å²) in [5.74, 6) is 0. The van der Waals surface area contributed by atoms with E-state index < -0.39 is 0 Å². The van der Waals surface area contributed by atoms with E-state index in [-0.39, 0.29) is 0 Å². The van der Waals surface area contributed by atoms with Gasteiger partial charge in [-0.3, -0.25) is 0 Å². The van der Waals surface area contributed by atoms with Crippen LogP contribution in [-0.2, 0) is 0 Å². The van der Waals surface area contributed by atoms with Crippen LogP contribution < -0.4 is 0 Å². The van der Waals surface area contributed by atoms with Gasteiger partial charge in [0, 0.05) is 0 Å². The fourth-order valence-electron chi connectivity index (χ4n) is 1.25. The summed E-state index contributed by atoms with van der Waals surface area (Å²) in [5.41, 5.74) is 1.77. The third kappa shape index (κ3) is 2.85. The molecule has 0 saturated carbocycles. The van der Waals surface area contributed by atoms with Crippen LogP contribution in [0, 0.1) is 5.41 Å². The Morgan fingerprint density at radius 3 is 2.83 bits per heavy atom. The van der Waals surface area contributed by atoms with Crippen molar-refractivity contribution in [3.8, 4) is 0 Å². The van der Waals surface area contributed by atoms with Crippen LogP contribution in [-0.4, -0.2) is 31.1 Å². The van der Waals surface area contributed by atoms with E-state index in [0.717, 1.165) is 17.0 Å². The molecule has 0 spiro atoms. The summed E-state index contributed by atoms with van der Waals surface area (Å²) in [4.78, 5) is 0. The van der Waals surface area contributed by atoms with Crippen molar-refractivity contribution in [3.05, 3.63) is 11.6 Å². The Kier molecular flexibility index (Phi) is 4.82. The quantitative estimate of drug-likeness (QED) is 0.482. The average molecular weight is 303 g/mol. The molecule has 0 aromatic carbocycles. The summed E-state index contributed by atoms with van der Waals surface area (Å²) < 4.78 is 0.765. The van der Waals surface area contributed by atoms with Crippen LogP contribution in [0.25, 0.3) is 0 Å². The summed E-state index contributed by atoms with van der Waals surface area (Å²) >= 11 is 6.41. The van der Waals surface area contributed by atoms with Gasteiger partial charge in [-0.25, -0.2) is 0 Å². The van der Waals surface area contributed by atoms with Gasteiger partial charge >= 0.3 is 95.0 Å². The third-order valence-corrected chi connectivity index (χ3v) is 5.77. The van der Waals surface area contributed by atoms with E-state index in [2.05, 4.69) is 6.08 Å². The van der Waals surface area contributed by atoms with E-state index in [9.17, 15) is 0 Å². The second kappa shape index (κ2) is 5.39. The molecule has 0 bridgehead atoms. The van der Waals surface area contributed by atoms with Crippen molar-refractivity contribution >= 4 is 52.2 Å². The fraction of sp³-hybridized carbons (Fsp3) is 0.500. The zero-order chi connectivity index (χ0) is 8.97. The number of rotatable bonds is 2. The van der Waals surface area contributed by atoms with Crippen LogP contribution in [0.5, 0.6) is 0 Å². The summed E-state index contributed by atoms with van der Waals surface area (Å²) in [6.45, 7) is 0. The third-order valence-electron chi connectivity index (χ3n) is 1.91. The van der Waals surface area contributed by atoms with Gasteiger partial charge in [-0.15, -0.1) is 0 Å². The summed E-state index contributed by atoms with van der Waals surface area (Å²) in [6.07, 6.45) is 6.84. The SMILES string of the molecule is N=C(C(=S)[S][Sn+])C1=CCCCC1. The maximum absolute atomic E-state index is 7.77. The Morgan fingerprint density at radius 1 is 1.58 bits per heavy atom. The molecular formula is C8H10NS2Sn+. The standard InChI is InChI=1S/C8H11NS2.Sn/c9-7(8(10)11)6-4-2-1-3-5-6;/h4,9H,1-3,5H2,(H,10,11);/q;+2/p-1. The van der Waals surface area contributed by atoms with Crippen molar-refractivity contribution in [3.63, 3.8) is 0 Å². The van der Waals surface area contributed by atoms with Gasteiger partial charge in [-0.1, -0.05) is 0 Å². The zero-order valence-corrected chi connectivity index (χ0v) is 11.2. The number of nitrogens with one attached hydrogen (secondary N) is 1. The van der Waals surface area contributed by atoms with Gasteiger partial charge in [0.25, 0.3) is 0 Å². The second-order valence-corrected chi connectivity index (χ2v) is 5.77. The van der Waals surface area contributed by atoms with Gasteiger partial charge in [0.1, 0.15) is 0 Å². The van der Waals surface area contributed by atoms with Crippen LogP contribution >= 0.6 is 21.2 Å². The molecule has 1 N–H and O–H groups in total. The molecule has 62 valence electrons. The predicted octanol–water partition coefficient (Wildman–Crippen LogP) is 2.65. The molecule has 0 heterocycles. The summed E-state index contributed by atoms with van der Waals surface area (Å²) in [7, 11) is 1.58. The first-order valence-corrected chi connectivity index (χ1v) is 8.63. The Labute approximate surface area is 94.4 Å². The monoisotopic (exact) mass is 304 g/mol. The molecule has 1 rings (SSSR count). The van der Waals surface area contributed by atoms with E-state index in [1.807, 2.05) is 0 Å². The molecule has 1 aliphatic rings. The van der Waals surface area contributed by atoms with Crippen LogP contribution in [0.15, 0.2) is 11.6 Å². The summed E-state index contributed by atoms with van der Waals surface area (Å²) in [6, 6.07) is 0. The first-order valence-electron chi connectivity index (χ1n) is 3.91. The molecule has 0 aromatic heterocycles. The molecule has 2 radical (unpaired) electrons. The van der Waals surface area contributed by atoms with Gasteiger partial charge in [0.15, 0.2) is 0 Å². The van der Waals surface area contributed by atoms with Gasteiger partial charge in [-0.2, -0.15) is 0 Å². The Morgan fingerprint density at radius 2 is 2.33 bits per heavy atom.